The summed E-state index contributed by atoms with van der Waals surface area (Å²) in [4.78, 5) is 19.5. The van der Waals surface area contributed by atoms with Gasteiger partial charge in [0.1, 0.15) is 0 Å². The van der Waals surface area contributed by atoms with Gasteiger partial charge in [-0.1, -0.05) is 11.6 Å². The van der Waals surface area contributed by atoms with Gasteiger partial charge in [-0.15, -0.1) is 11.3 Å². The van der Waals surface area contributed by atoms with Crippen molar-refractivity contribution in [2.75, 3.05) is 19.6 Å². The van der Waals surface area contributed by atoms with Gasteiger partial charge in [0.25, 0.3) is 5.91 Å². The van der Waals surface area contributed by atoms with Crippen LogP contribution < -0.4 is 4.72 Å². The number of likely N-dealkylation sites (tertiary alicyclic amines) is 1. The van der Waals surface area contributed by atoms with Crippen LogP contribution in [0.4, 0.5) is 0 Å². The van der Waals surface area contributed by atoms with Crippen LogP contribution >= 0.6 is 22.9 Å². The fourth-order valence-corrected chi connectivity index (χ4v) is 6.02. The van der Waals surface area contributed by atoms with Gasteiger partial charge in [-0.25, -0.2) is 18.1 Å². The highest BCUT2D eigenvalue weighted by molar-refractivity contribution is 7.89. The third kappa shape index (κ3) is 4.94. The van der Waals surface area contributed by atoms with Gasteiger partial charge in [-0.05, 0) is 55.3 Å². The zero-order valence-electron chi connectivity index (χ0n) is 17.1. The molecule has 1 aliphatic rings. The fraction of sp³-hybridized carbons (Fsp3) is 0.318. The van der Waals surface area contributed by atoms with Crippen LogP contribution in [0.3, 0.4) is 0 Å². The normalized spacial score (nSPS) is 15.1. The Balaban J connectivity index is 1.38. The minimum Gasteiger partial charge on any atom is -0.339 e. The summed E-state index contributed by atoms with van der Waals surface area (Å²) in [6.07, 6.45) is 1.75. The summed E-state index contributed by atoms with van der Waals surface area (Å²) in [6, 6.07) is 13.5. The summed E-state index contributed by atoms with van der Waals surface area (Å²) in [7, 11) is -3.69. The van der Waals surface area contributed by atoms with Gasteiger partial charge in [0.05, 0.1) is 26.2 Å². The monoisotopic (exact) mass is 488 g/mol. The number of fused-ring (bicyclic) bond motifs is 1. The van der Waals surface area contributed by atoms with Crippen molar-refractivity contribution in [3.8, 4) is 6.07 Å². The lowest BCUT2D eigenvalue weighted by atomic mass is 9.97. The number of piperidine rings is 1. The molecule has 166 valence electrons. The number of benzene rings is 2. The van der Waals surface area contributed by atoms with Gasteiger partial charge in [-0.2, -0.15) is 5.26 Å². The molecule has 1 saturated heterocycles. The van der Waals surface area contributed by atoms with Crippen LogP contribution in [0.1, 0.15) is 40.5 Å². The second-order valence-corrected chi connectivity index (χ2v) is 10.8. The zero-order chi connectivity index (χ0) is 22.7. The quantitative estimate of drug-likeness (QED) is 0.524. The first-order valence-corrected chi connectivity index (χ1v) is 12.9. The number of thiazole rings is 1. The topological polar surface area (TPSA) is 103 Å². The smallest absolute Gasteiger partial charge is 0.253 e. The van der Waals surface area contributed by atoms with Crippen molar-refractivity contribution < 1.29 is 13.2 Å². The van der Waals surface area contributed by atoms with Crippen molar-refractivity contribution >= 4 is 49.1 Å². The predicted octanol–water partition coefficient (Wildman–Crippen LogP) is 4.16. The molecule has 2 aromatic carbocycles. The van der Waals surface area contributed by atoms with Gasteiger partial charge < -0.3 is 4.90 Å². The van der Waals surface area contributed by atoms with Crippen LogP contribution in [-0.2, 0) is 10.0 Å². The van der Waals surface area contributed by atoms with E-state index in [0.717, 1.165) is 28.1 Å². The van der Waals surface area contributed by atoms with E-state index in [-0.39, 0.29) is 23.8 Å². The molecule has 0 radical (unpaired) electrons. The van der Waals surface area contributed by atoms with Crippen molar-refractivity contribution in [1.82, 2.24) is 14.6 Å². The Labute approximate surface area is 195 Å². The minimum atomic E-state index is -3.69. The van der Waals surface area contributed by atoms with E-state index in [1.165, 1.54) is 24.3 Å². The number of hydrogen-bond acceptors (Lipinski definition) is 6. The summed E-state index contributed by atoms with van der Waals surface area (Å²) in [5.41, 5.74) is 1.36. The Bertz CT molecular complexity index is 1270. The highest BCUT2D eigenvalue weighted by atomic mass is 35.5. The lowest BCUT2D eigenvalue weighted by Gasteiger charge is -2.31. The molecule has 1 N–H and O–H groups in total. The van der Waals surface area contributed by atoms with Crippen molar-refractivity contribution in [3.63, 3.8) is 0 Å². The number of nitrogens with zero attached hydrogens (tertiary/aromatic N) is 3. The average Bonchev–Trinajstić information content (AvgIpc) is 3.22. The number of nitriles is 1. The third-order valence-corrected chi connectivity index (χ3v) is 8.35. The molecular formula is C22H21ClN4O3S2. The van der Waals surface area contributed by atoms with Crippen molar-refractivity contribution in [1.29, 1.82) is 5.26 Å². The molecular weight excluding hydrogens is 468 g/mol. The summed E-state index contributed by atoms with van der Waals surface area (Å²) >= 11 is 7.74. The van der Waals surface area contributed by atoms with E-state index in [4.69, 9.17) is 21.8 Å². The van der Waals surface area contributed by atoms with Crippen LogP contribution in [0, 0.1) is 11.3 Å². The summed E-state index contributed by atoms with van der Waals surface area (Å²) in [6.45, 7) is 1.29. The molecule has 1 aliphatic heterocycles. The van der Waals surface area contributed by atoms with Gasteiger partial charge in [-0.3, -0.25) is 4.79 Å². The molecule has 2 heterocycles. The van der Waals surface area contributed by atoms with Crippen LogP contribution in [0.5, 0.6) is 0 Å². The van der Waals surface area contributed by atoms with Gasteiger partial charge in [0.2, 0.25) is 10.0 Å². The van der Waals surface area contributed by atoms with Gasteiger partial charge in [0.15, 0.2) is 0 Å². The molecule has 0 unspecified atom stereocenters. The van der Waals surface area contributed by atoms with Crippen molar-refractivity contribution in [2.45, 2.75) is 30.1 Å². The van der Waals surface area contributed by atoms with Crippen molar-refractivity contribution in [2.24, 2.45) is 0 Å². The fourth-order valence-electron chi connectivity index (χ4n) is 3.71. The second-order valence-electron chi connectivity index (χ2n) is 7.56. The molecule has 0 atom stereocenters. The Morgan fingerprint density at radius 2 is 1.94 bits per heavy atom. The number of halogens is 1. The maximum absolute atomic E-state index is 12.9. The molecule has 1 aromatic heterocycles. The van der Waals surface area contributed by atoms with E-state index in [9.17, 15) is 13.2 Å². The molecule has 4 rings (SSSR count). The summed E-state index contributed by atoms with van der Waals surface area (Å²) < 4.78 is 27.9. The molecule has 32 heavy (non-hydrogen) atoms. The lowest BCUT2D eigenvalue weighted by Crippen LogP contribution is -2.37. The summed E-state index contributed by atoms with van der Waals surface area (Å²) in [5, 5.41) is 10.3. The van der Waals surface area contributed by atoms with Gasteiger partial charge >= 0.3 is 0 Å². The SMILES string of the molecule is N#CCCNS(=O)(=O)c1ccc(C(=O)N2CCC(c3nc4cc(Cl)ccc4s3)CC2)cc1. The minimum absolute atomic E-state index is 0.0517. The highest BCUT2D eigenvalue weighted by Gasteiger charge is 2.27. The van der Waals surface area contributed by atoms with Crippen LogP contribution in [0.2, 0.25) is 5.02 Å². The molecule has 0 saturated carbocycles. The molecule has 7 nitrogen and oxygen atoms in total. The standard InChI is InChI=1S/C22H21ClN4O3S2/c23-17-4-7-20-19(14-17)26-21(31-20)15-8-12-27(13-9-15)22(28)16-2-5-18(6-3-16)32(29,30)25-11-1-10-24/h2-7,14-15,25H,1,8-9,11-13H2. The van der Waals surface area contributed by atoms with Crippen LogP contribution in [0.25, 0.3) is 10.2 Å². The van der Waals surface area contributed by atoms with Crippen LogP contribution in [0.15, 0.2) is 47.4 Å². The van der Waals surface area contributed by atoms with E-state index >= 15 is 0 Å². The number of carbonyl (C=O) groups excluding carboxylic acids is 1. The number of nitrogens with one attached hydrogen (secondary N) is 1. The van der Waals surface area contributed by atoms with E-state index in [2.05, 4.69) is 4.72 Å². The Kier molecular flexibility index (Phi) is 6.76. The van der Waals surface area contributed by atoms with E-state index in [0.29, 0.717) is 29.6 Å². The zero-order valence-corrected chi connectivity index (χ0v) is 19.5. The third-order valence-electron chi connectivity index (χ3n) is 5.44. The largest absolute Gasteiger partial charge is 0.339 e. The van der Waals surface area contributed by atoms with E-state index in [1.807, 2.05) is 24.3 Å². The van der Waals surface area contributed by atoms with Gasteiger partial charge in [0, 0.05) is 42.6 Å². The highest BCUT2D eigenvalue weighted by Crippen LogP contribution is 2.35. The number of aromatic nitrogens is 1. The predicted molar refractivity (Wildman–Crippen MR) is 124 cm³/mol. The number of amides is 1. The maximum atomic E-state index is 12.9. The molecule has 1 fully saturated rings. The number of rotatable bonds is 6. The molecule has 0 aliphatic carbocycles. The molecule has 1 amide bonds. The molecule has 0 bridgehead atoms. The molecule has 0 spiro atoms. The first kappa shape index (κ1) is 22.7. The average molecular weight is 489 g/mol. The number of carbonyl (C=O) groups is 1. The Hall–Kier alpha value is -2.51. The summed E-state index contributed by atoms with van der Waals surface area (Å²) in [5.74, 6) is 0.197. The Morgan fingerprint density at radius 1 is 1.22 bits per heavy atom. The first-order valence-electron chi connectivity index (χ1n) is 10.2. The van der Waals surface area contributed by atoms with E-state index in [1.54, 1.807) is 16.2 Å². The number of sulfonamides is 1. The number of hydrogen-bond donors (Lipinski definition) is 1. The molecule has 3 aromatic rings. The van der Waals surface area contributed by atoms with E-state index < -0.39 is 10.0 Å². The van der Waals surface area contributed by atoms with Crippen molar-refractivity contribution in [3.05, 3.63) is 58.1 Å². The second kappa shape index (κ2) is 9.55. The maximum Gasteiger partial charge on any atom is 0.253 e. The Morgan fingerprint density at radius 3 is 2.62 bits per heavy atom. The first-order chi connectivity index (χ1) is 15.4. The molecule has 10 heteroatoms. The lowest BCUT2D eigenvalue weighted by molar-refractivity contribution is 0.0713. The van der Waals surface area contributed by atoms with Crippen LogP contribution in [-0.4, -0.2) is 43.8 Å².